The van der Waals surface area contributed by atoms with E-state index in [0.29, 0.717) is 22.0 Å². The fourth-order valence-electron chi connectivity index (χ4n) is 1.85. The average molecular weight is 332 g/mol. The molecule has 0 atom stereocenters. The van der Waals surface area contributed by atoms with Crippen molar-refractivity contribution < 1.29 is 19.1 Å². The van der Waals surface area contributed by atoms with Gasteiger partial charge in [-0.15, -0.1) is 11.8 Å². The summed E-state index contributed by atoms with van der Waals surface area (Å²) in [5.74, 6) is -0.501. The van der Waals surface area contributed by atoms with Crippen molar-refractivity contribution in [1.29, 1.82) is 0 Å². The molecule has 1 aromatic carbocycles. The van der Waals surface area contributed by atoms with E-state index in [-0.39, 0.29) is 6.61 Å². The van der Waals surface area contributed by atoms with Crippen LogP contribution in [0, 0.1) is 0 Å². The van der Waals surface area contributed by atoms with Crippen LogP contribution in [0.4, 0.5) is 5.69 Å². The Morgan fingerprint density at radius 1 is 1.22 bits per heavy atom. The second-order valence-corrected chi connectivity index (χ2v) is 5.18. The van der Waals surface area contributed by atoms with Gasteiger partial charge in [-0.05, 0) is 30.5 Å². The topological polar surface area (TPSA) is 77.5 Å². The summed E-state index contributed by atoms with van der Waals surface area (Å²) in [4.78, 5) is 28.0. The largest absolute Gasteiger partial charge is 0.495 e. The number of methoxy groups -OCH3 is 1. The molecule has 0 saturated carbocycles. The molecule has 0 aliphatic rings. The molecular formula is C16H16N2O4S. The molecule has 23 heavy (non-hydrogen) atoms. The van der Waals surface area contributed by atoms with Crippen LogP contribution < -0.4 is 10.1 Å². The number of hydrogen-bond donors (Lipinski definition) is 1. The lowest BCUT2D eigenvalue weighted by Crippen LogP contribution is -2.21. The monoisotopic (exact) mass is 332 g/mol. The van der Waals surface area contributed by atoms with Gasteiger partial charge in [0.25, 0.3) is 5.91 Å². The Morgan fingerprint density at radius 3 is 2.74 bits per heavy atom. The number of benzene rings is 1. The fraction of sp³-hybridized carbons (Fsp3) is 0.188. The number of esters is 1. The molecule has 2 rings (SSSR count). The molecule has 0 unspecified atom stereocenters. The first-order chi connectivity index (χ1) is 11.2. The van der Waals surface area contributed by atoms with E-state index in [1.807, 2.05) is 6.26 Å². The summed E-state index contributed by atoms with van der Waals surface area (Å²) < 4.78 is 10.2. The average Bonchev–Trinajstić information content (AvgIpc) is 2.60. The molecule has 7 heteroatoms. The third-order valence-corrected chi connectivity index (χ3v) is 3.61. The molecule has 0 fully saturated rings. The molecule has 1 amide bonds. The maximum atomic E-state index is 12.0. The molecule has 1 N–H and O–H groups in total. The number of anilines is 1. The Hall–Kier alpha value is -2.54. The first-order valence-electron chi connectivity index (χ1n) is 6.74. The summed E-state index contributed by atoms with van der Waals surface area (Å²) in [5, 5.41) is 3.19. The number of thioether (sulfide) groups is 1. The summed E-state index contributed by atoms with van der Waals surface area (Å²) in [6, 6.07) is 10.2. The Kier molecular flexibility index (Phi) is 5.99. The Labute approximate surface area is 138 Å². The number of hydrogen-bond acceptors (Lipinski definition) is 6. The highest BCUT2D eigenvalue weighted by Crippen LogP contribution is 2.23. The van der Waals surface area contributed by atoms with Crippen molar-refractivity contribution in [1.82, 2.24) is 4.98 Å². The van der Waals surface area contributed by atoms with Gasteiger partial charge in [0.1, 0.15) is 10.8 Å². The Morgan fingerprint density at radius 2 is 2.00 bits per heavy atom. The number of aromatic nitrogens is 1. The summed E-state index contributed by atoms with van der Waals surface area (Å²) in [6.07, 6.45) is 3.41. The van der Waals surface area contributed by atoms with Gasteiger partial charge in [-0.25, -0.2) is 9.78 Å². The minimum Gasteiger partial charge on any atom is -0.495 e. The van der Waals surface area contributed by atoms with E-state index in [1.54, 1.807) is 42.6 Å². The number of nitrogens with zero attached hydrogens (tertiary/aromatic N) is 1. The van der Waals surface area contributed by atoms with E-state index in [1.165, 1.54) is 18.9 Å². The predicted molar refractivity (Wildman–Crippen MR) is 87.9 cm³/mol. The molecule has 0 aliphatic carbocycles. The first-order valence-corrected chi connectivity index (χ1v) is 7.97. The molecule has 0 aliphatic heterocycles. The van der Waals surface area contributed by atoms with Gasteiger partial charge in [0.05, 0.1) is 18.4 Å². The van der Waals surface area contributed by atoms with Crippen LogP contribution in [0.5, 0.6) is 5.75 Å². The molecule has 1 aromatic heterocycles. The predicted octanol–water partition coefficient (Wildman–Crippen LogP) is 2.61. The van der Waals surface area contributed by atoms with Gasteiger partial charge < -0.3 is 14.8 Å². The maximum absolute atomic E-state index is 12.0. The summed E-state index contributed by atoms with van der Waals surface area (Å²) >= 11 is 1.34. The van der Waals surface area contributed by atoms with Crippen LogP contribution in [-0.2, 0) is 9.53 Å². The molecular weight excluding hydrogens is 316 g/mol. The molecule has 2 aromatic rings. The fourth-order valence-corrected chi connectivity index (χ4v) is 2.39. The minimum absolute atomic E-state index is 0.338. The highest BCUT2D eigenvalue weighted by Gasteiger charge is 2.15. The molecule has 120 valence electrons. The van der Waals surface area contributed by atoms with Crippen LogP contribution in [0.15, 0.2) is 47.6 Å². The highest BCUT2D eigenvalue weighted by atomic mass is 32.2. The quantitative estimate of drug-likeness (QED) is 0.647. The molecule has 6 nitrogen and oxygen atoms in total. The molecule has 1 heterocycles. The number of ether oxygens (including phenoxy) is 2. The minimum atomic E-state index is -0.586. The maximum Gasteiger partial charge on any atom is 0.341 e. The molecule has 0 spiro atoms. The number of amides is 1. The van der Waals surface area contributed by atoms with E-state index in [4.69, 9.17) is 9.47 Å². The molecule has 0 radical (unpaired) electrons. The summed E-state index contributed by atoms with van der Waals surface area (Å²) in [6.45, 7) is -0.389. The zero-order valence-corrected chi connectivity index (χ0v) is 13.6. The van der Waals surface area contributed by atoms with Crippen molar-refractivity contribution in [3.63, 3.8) is 0 Å². The normalized spacial score (nSPS) is 10.0. The zero-order valence-electron chi connectivity index (χ0n) is 12.7. The van der Waals surface area contributed by atoms with Crippen LogP contribution in [0.2, 0.25) is 0 Å². The van der Waals surface area contributed by atoms with Crippen LogP contribution in [-0.4, -0.2) is 36.8 Å². The number of carbonyl (C=O) groups is 2. The molecule has 0 bridgehead atoms. The SMILES string of the molecule is COc1ccccc1NC(=O)COC(=O)c1cccnc1SC. The van der Waals surface area contributed by atoms with Crippen molar-refractivity contribution in [3.8, 4) is 5.75 Å². The first kappa shape index (κ1) is 16.8. The van der Waals surface area contributed by atoms with Crippen LogP contribution >= 0.6 is 11.8 Å². The van der Waals surface area contributed by atoms with E-state index in [2.05, 4.69) is 10.3 Å². The number of pyridine rings is 1. The van der Waals surface area contributed by atoms with E-state index in [0.717, 1.165) is 0 Å². The van der Waals surface area contributed by atoms with Crippen molar-refractivity contribution in [2.24, 2.45) is 0 Å². The van der Waals surface area contributed by atoms with Crippen LogP contribution in [0.1, 0.15) is 10.4 Å². The van der Waals surface area contributed by atoms with Gasteiger partial charge >= 0.3 is 5.97 Å². The zero-order chi connectivity index (χ0) is 16.7. The van der Waals surface area contributed by atoms with Gasteiger partial charge in [0.15, 0.2) is 6.61 Å². The lowest BCUT2D eigenvalue weighted by atomic mass is 10.3. The summed E-state index contributed by atoms with van der Waals surface area (Å²) in [5.41, 5.74) is 0.854. The van der Waals surface area contributed by atoms with E-state index < -0.39 is 11.9 Å². The lowest BCUT2D eigenvalue weighted by Gasteiger charge is -2.10. The smallest absolute Gasteiger partial charge is 0.341 e. The van der Waals surface area contributed by atoms with Gasteiger partial charge in [-0.3, -0.25) is 4.79 Å². The van der Waals surface area contributed by atoms with Gasteiger partial charge in [0.2, 0.25) is 0 Å². The van der Waals surface area contributed by atoms with Crippen LogP contribution in [0.3, 0.4) is 0 Å². The highest BCUT2D eigenvalue weighted by molar-refractivity contribution is 7.98. The van der Waals surface area contributed by atoms with Crippen molar-refractivity contribution in [2.75, 3.05) is 25.3 Å². The van der Waals surface area contributed by atoms with Crippen molar-refractivity contribution in [3.05, 3.63) is 48.2 Å². The van der Waals surface area contributed by atoms with Gasteiger partial charge in [-0.2, -0.15) is 0 Å². The second-order valence-electron chi connectivity index (χ2n) is 4.38. The third-order valence-electron chi connectivity index (χ3n) is 2.90. The lowest BCUT2D eigenvalue weighted by molar-refractivity contribution is -0.119. The van der Waals surface area contributed by atoms with E-state index >= 15 is 0 Å². The van der Waals surface area contributed by atoms with Crippen LogP contribution in [0.25, 0.3) is 0 Å². The van der Waals surface area contributed by atoms with E-state index in [9.17, 15) is 9.59 Å². The third kappa shape index (κ3) is 4.46. The number of rotatable bonds is 6. The van der Waals surface area contributed by atoms with Gasteiger partial charge in [0, 0.05) is 6.20 Å². The number of nitrogens with one attached hydrogen (secondary N) is 1. The van der Waals surface area contributed by atoms with Gasteiger partial charge in [-0.1, -0.05) is 12.1 Å². The Bertz CT molecular complexity index is 706. The molecule has 0 saturated heterocycles. The van der Waals surface area contributed by atoms with Crippen molar-refractivity contribution in [2.45, 2.75) is 5.03 Å². The summed E-state index contributed by atoms with van der Waals surface area (Å²) in [7, 11) is 1.51. The van der Waals surface area contributed by atoms with Crippen molar-refractivity contribution >= 4 is 29.3 Å². The number of carbonyl (C=O) groups excluding carboxylic acids is 2. The Balaban J connectivity index is 1.95. The number of para-hydroxylation sites is 2. The standard InChI is InChI=1S/C16H16N2O4S/c1-21-13-8-4-3-7-12(13)18-14(19)10-22-16(20)11-6-5-9-17-15(11)23-2/h3-9H,10H2,1-2H3,(H,18,19). The second kappa shape index (κ2) is 8.19.